The lowest BCUT2D eigenvalue weighted by molar-refractivity contribution is -0.384. The van der Waals surface area contributed by atoms with Gasteiger partial charge in [-0.05, 0) is 67.1 Å². The Balaban J connectivity index is 1.73. The summed E-state index contributed by atoms with van der Waals surface area (Å²) in [5, 5.41) is 14.5. The summed E-state index contributed by atoms with van der Waals surface area (Å²) in [5.74, 6) is -0.469. The van der Waals surface area contributed by atoms with Gasteiger partial charge in [-0.15, -0.1) is 0 Å². The van der Waals surface area contributed by atoms with E-state index >= 15 is 0 Å². The number of fused-ring (bicyclic) bond motifs is 1. The molecule has 3 rings (SSSR count). The Bertz CT molecular complexity index is 1150. The van der Waals surface area contributed by atoms with Gasteiger partial charge in [0.25, 0.3) is 17.2 Å². The molecule has 0 bridgehead atoms. The Kier molecular flexibility index (Phi) is 5.46. The number of benzene rings is 2. The van der Waals surface area contributed by atoms with Crippen molar-refractivity contribution in [3.63, 3.8) is 0 Å². The Morgan fingerprint density at radius 1 is 1.18 bits per heavy atom. The summed E-state index contributed by atoms with van der Waals surface area (Å²) in [6, 6.07) is 9.62. The van der Waals surface area contributed by atoms with Gasteiger partial charge in [-0.2, -0.15) is 0 Å². The number of hydrogen-bond donors (Lipinski definition) is 2. The van der Waals surface area contributed by atoms with E-state index in [1.54, 1.807) is 0 Å². The van der Waals surface area contributed by atoms with Gasteiger partial charge in [0.05, 0.1) is 4.92 Å². The zero-order valence-corrected chi connectivity index (χ0v) is 16.1. The zero-order chi connectivity index (χ0) is 20.4. The van der Waals surface area contributed by atoms with Crippen LogP contribution in [0.2, 0.25) is 5.02 Å². The number of rotatable bonds is 5. The highest BCUT2D eigenvalue weighted by molar-refractivity contribution is 6.32. The summed E-state index contributed by atoms with van der Waals surface area (Å²) >= 11 is 5.75. The van der Waals surface area contributed by atoms with E-state index in [2.05, 4.69) is 10.3 Å². The van der Waals surface area contributed by atoms with Crippen molar-refractivity contribution in [3.8, 4) is 0 Å². The Morgan fingerprint density at radius 3 is 2.61 bits per heavy atom. The molecule has 2 N–H and O–H groups in total. The molecule has 0 aliphatic heterocycles. The van der Waals surface area contributed by atoms with Crippen LogP contribution in [0, 0.1) is 24.0 Å². The molecule has 1 amide bonds. The molecule has 0 spiro atoms. The van der Waals surface area contributed by atoms with Gasteiger partial charge in [0, 0.05) is 29.3 Å². The Morgan fingerprint density at radius 2 is 1.89 bits per heavy atom. The van der Waals surface area contributed by atoms with Gasteiger partial charge < -0.3 is 10.3 Å². The summed E-state index contributed by atoms with van der Waals surface area (Å²) in [5.41, 5.74) is 3.16. The highest BCUT2D eigenvalue weighted by Crippen LogP contribution is 2.25. The molecule has 1 aromatic heterocycles. The van der Waals surface area contributed by atoms with E-state index < -0.39 is 10.8 Å². The van der Waals surface area contributed by atoms with E-state index in [1.807, 2.05) is 32.0 Å². The molecule has 7 nitrogen and oxygen atoms in total. The first-order valence-corrected chi connectivity index (χ1v) is 8.99. The topological polar surface area (TPSA) is 105 Å². The third-order valence-electron chi connectivity index (χ3n) is 4.62. The van der Waals surface area contributed by atoms with Crippen LogP contribution in [0.5, 0.6) is 0 Å². The van der Waals surface area contributed by atoms with Gasteiger partial charge in [-0.25, -0.2) is 0 Å². The molecular weight excluding hydrogens is 382 g/mol. The second kappa shape index (κ2) is 7.82. The van der Waals surface area contributed by atoms with Gasteiger partial charge in [-0.3, -0.25) is 19.7 Å². The van der Waals surface area contributed by atoms with E-state index in [0.29, 0.717) is 12.0 Å². The smallest absolute Gasteiger partial charge is 0.288 e. The second-order valence-electron chi connectivity index (χ2n) is 6.58. The fraction of sp³-hybridized carbons (Fsp3) is 0.200. The van der Waals surface area contributed by atoms with Gasteiger partial charge in [0.15, 0.2) is 0 Å². The number of carbonyl (C=O) groups is 1. The van der Waals surface area contributed by atoms with Crippen LogP contribution in [0.15, 0.2) is 41.2 Å². The molecule has 2 aromatic carbocycles. The number of pyridine rings is 1. The predicted octanol–water partition coefficient (Wildman–Crippen LogP) is 3.68. The summed E-state index contributed by atoms with van der Waals surface area (Å²) in [4.78, 5) is 37.7. The first-order chi connectivity index (χ1) is 13.3. The molecule has 0 aliphatic rings. The fourth-order valence-electron chi connectivity index (χ4n) is 2.91. The molecule has 0 saturated carbocycles. The number of aromatic nitrogens is 1. The largest absolute Gasteiger partial charge is 0.352 e. The maximum atomic E-state index is 12.3. The van der Waals surface area contributed by atoms with Gasteiger partial charge in [0.2, 0.25) is 0 Å². The average molecular weight is 400 g/mol. The second-order valence-corrected chi connectivity index (χ2v) is 6.98. The van der Waals surface area contributed by atoms with Crippen molar-refractivity contribution >= 4 is 34.1 Å². The van der Waals surface area contributed by atoms with E-state index in [4.69, 9.17) is 11.6 Å². The molecule has 0 unspecified atom stereocenters. The molecule has 0 radical (unpaired) electrons. The highest BCUT2D eigenvalue weighted by Gasteiger charge is 2.16. The lowest BCUT2D eigenvalue weighted by Crippen LogP contribution is -2.27. The number of nitrogens with zero attached hydrogens (tertiary/aromatic N) is 1. The van der Waals surface area contributed by atoms with Gasteiger partial charge in [-0.1, -0.05) is 11.6 Å². The van der Waals surface area contributed by atoms with Crippen LogP contribution in [0.3, 0.4) is 0 Å². The summed E-state index contributed by atoms with van der Waals surface area (Å²) in [6.07, 6.45) is 0.333. The van der Waals surface area contributed by atoms with Crippen LogP contribution >= 0.6 is 11.6 Å². The van der Waals surface area contributed by atoms with E-state index in [9.17, 15) is 19.7 Å². The first-order valence-electron chi connectivity index (χ1n) is 8.61. The monoisotopic (exact) mass is 399 g/mol. The van der Waals surface area contributed by atoms with Crippen LogP contribution in [-0.2, 0) is 6.42 Å². The van der Waals surface area contributed by atoms with Gasteiger partial charge >= 0.3 is 0 Å². The van der Waals surface area contributed by atoms with Gasteiger partial charge in [0.1, 0.15) is 5.02 Å². The van der Waals surface area contributed by atoms with E-state index in [-0.39, 0.29) is 28.4 Å². The molecule has 0 saturated heterocycles. The molecule has 3 aromatic rings. The number of aromatic amines is 1. The van der Waals surface area contributed by atoms with Crippen molar-refractivity contribution < 1.29 is 9.72 Å². The number of carbonyl (C=O) groups excluding carboxylic acids is 1. The standard InChI is InChI=1S/C20H18ClN3O4/c1-11-7-15-9-14(20(26)23-17(15)8-12(11)2)5-6-22-19(25)13-3-4-16(21)18(10-13)24(27)28/h3-4,7-10H,5-6H2,1-2H3,(H,22,25)(H,23,26). The number of halogens is 1. The Hall–Kier alpha value is -3.19. The summed E-state index contributed by atoms with van der Waals surface area (Å²) in [7, 11) is 0. The van der Waals surface area contributed by atoms with Crippen molar-refractivity contribution in [2.24, 2.45) is 0 Å². The number of hydrogen-bond acceptors (Lipinski definition) is 4. The summed E-state index contributed by atoms with van der Waals surface area (Å²) in [6.45, 7) is 4.21. The molecule has 28 heavy (non-hydrogen) atoms. The molecule has 0 atom stereocenters. The van der Waals surface area contributed by atoms with E-state index in [0.717, 1.165) is 28.1 Å². The van der Waals surface area contributed by atoms with Crippen LogP contribution < -0.4 is 10.9 Å². The maximum Gasteiger partial charge on any atom is 0.288 e. The van der Waals surface area contributed by atoms with E-state index in [1.165, 1.54) is 12.1 Å². The van der Waals surface area contributed by atoms with Crippen LogP contribution in [-0.4, -0.2) is 22.4 Å². The zero-order valence-electron chi connectivity index (χ0n) is 15.3. The van der Waals surface area contributed by atoms with Crippen molar-refractivity contribution in [3.05, 3.63) is 84.1 Å². The normalized spacial score (nSPS) is 10.8. The van der Waals surface area contributed by atoms with Crippen molar-refractivity contribution in [1.82, 2.24) is 10.3 Å². The lowest BCUT2D eigenvalue weighted by Gasteiger charge is -2.08. The lowest BCUT2D eigenvalue weighted by atomic mass is 10.0. The molecule has 1 heterocycles. The van der Waals surface area contributed by atoms with Crippen molar-refractivity contribution in [1.29, 1.82) is 0 Å². The SMILES string of the molecule is Cc1cc2cc(CCNC(=O)c3ccc(Cl)c([N+](=O)[O-])c3)c(=O)[nH]c2cc1C. The molecule has 0 aliphatic carbocycles. The predicted molar refractivity (Wildman–Crippen MR) is 108 cm³/mol. The number of amides is 1. The van der Waals surface area contributed by atoms with Crippen LogP contribution in [0.1, 0.15) is 27.0 Å². The number of nitro groups is 1. The molecule has 8 heteroatoms. The molecule has 144 valence electrons. The van der Waals surface area contributed by atoms with Crippen molar-refractivity contribution in [2.45, 2.75) is 20.3 Å². The molecule has 0 fully saturated rings. The molecular formula is C20H18ClN3O4. The number of H-pyrrole nitrogens is 1. The quantitative estimate of drug-likeness (QED) is 0.504. The van der Waals surface area contributed by atoms with Crippen LogP contribution in [0.4, 0.5) is 5.69 Å². The maximum absolute atomic E-state index is 12.3. The number of nitro benzene ring substituents is 1. The minimum atomic E-state index is -0.641. The minimum Gasteiger partial charge on any atom is -0.352 e. The Labute approximate surface area is 165 Å². The van der Waals surface area contributed by atoms with Crippen LogP contribution in [0.25, 0.3) is 10.9 Å². The third-order valence-corrected chi connectivity index (χ3v) is 4.94. The fourth-order valence-corrected chi connectivity index (χ4v) is 3.10. The first kappa shape index (κ1) is 19.6. The third kappa shape index (κ3) is 4.04. The van der Waals surface area contributed by atoms with Crippen molar-refractivity contribution in [2.75, 3.05) is 6.54 Å². The highest BCUT2D eigenvalue weighted by atomic mass is 35.5. The minimum absolute atomic E-state index is 0.0326. The number of nitrogens with one attached hydrogen (secondary N) is 2. The average Bonchev–Trinajstić information content (AvgIpc) is 2.64. The number of aryl methyl sites for hydroxylation is 2. The summed E-state index contributed by atoms with van der Waals surface area (Å²) < 4.78 is 0.